The van der Waals surface area contributed by atoms with Gasteiger partial charge in [0, 0.05) is 19.5 Å². The minimum atomic E-state index is -0.583. The maximum atomic E-state index is 12.4. The van der Waals surface area contributed by atoms with Crippen molar-refractivity contribution in [2.24, 2.45) is 0 Å². The van der Waals surface area contributed by atoms with Gasteiger partial charge in [-0.1, -0.05) is 54.6 Å². The summed E-state index contributed by atoms with van der Waals surface area (Å²) in [6, 6.07) is 17.5. The van der Waals surface area contributed by atoms with Crippen LogP contribution in [-0.2, 0) is 17.6 Å². The molecule has 2 atom stereocenters. The van der Waals surface area contributed by atoms with Crippen LogP contribution in [0.1, 0.15) is 22.7 Å². The highest BCUT2D eigenvalue weighted by Gasteiger charge is 2.25. The maximum absolute atomic E-state index is 12.4. The molecular weight excluding hydrogens is 324 g/mol. The lowest BCUT2D eigenvalue weighted by molar-refractivity contribution is -0.123. The van der Waals surface area contributed by atoms with Crippen LogP contribution in [-0.4, -0.2) is 30.2 Å². The number of halogens is 1. The third-order valence-corrected chi connectivity index (χ3v) is 4.20. The molecule has 0 aromatic heterocycles. The molecule has 2 unspecified atom stereocenters. The second kappa shape index (κ2) is 8.83. The Morgan fingerprint density at radius 3 is 2.67 bits per heavy atom. The topological polar surface area (TPSA) is 61.4 Å². The lowest BCUT2D eigenvalue weighted by Crippen LogP contribution is -2.43. The maximum Gasteiger partial charge on any atom is 0.241 e. The van der Waals surface area contributed by atoms with E-state index in [9.17, 15) is 9.90 Å². The van der Waals surface area contributed by atoms with Crippen LogP contribution < -0.4 is 10.6 Å². The van der Waals surface area contributed by atoms with Crippen molar-refractivity contribution in [3.05, 3.63) is 71.3 Å². The van der Waals surface area contributed by atoms with E-state index in [1.807, 2.05) is 48.5 Å². The minimum absolute atomic E-state index is 0. The SMILES string of the molecule is Cl.O=C(NCC(O)Cc1ccccc1)C1NCCc2ccccc21. The van der Waals surface area contributed by atoms with Crippen LogP contribution in [0.2, 0.25) is 0 Å². The standard InChI is InChI=1S/C19H22N2O2.ClH/c22-16(12-14-6-2-1-3-7-14)13-21-19(23)18-17-9-5-4-8-15(17)10-11-20-18;/h1-9,16,18,20,22H,10-13H2,(H,21,23);1H. The van der Waals surface area contributed by atoms with Gasteiger partial charge >= 0.3 is 0 Å². The lowest BCUT2D eigenvalue weighted by Gasteiger charge is -2.26. The van der Waals surface area contributed by atoms with Gasteiger partial charge in [0.25, 0.3) is 0 Å². The van der Waals surface area contributed by atoms with Crippen LogP contribution in [0.5, 0.6) is 0 Å². The lowest BCUT2D eigenvalue weighted by atomic mass is 9.94. The van der Waals surface area contributed by atoms with Crippen LogP contribution in [0.4, 0.5) is 0 Å². The molecule has 4 nitrogen and oxygen atoms in total. The predicted molar refractivity (Wildman–Crippen MR) is 97.3 cm³/mol. The third-order valence-electron chi connectivity index (χ3n) is 4.20. The molecule has 1 aliphatic heterocycles. The number of nitrogens with one attached hydrogen (secondary N) is 2. The van der Waals surface area contributed by atoms with Crippen LogP contribution >= 0.6 is 12.4 Å². The van der Waals surface area contributed by atoms with Gasteiger partial charge in [0.2, 0.25) is 5.91 Å². The van der Waals surface area contributed by atoms with Crippen molar-refractivity contribution in [2.75, 3.05) is 13.1 Å². The van der Waals surface area contributed by atoms with Gasteiger partial charge in [-0.15, -0.1) is 12.4 Å². The average Bonchev–Trinajstić information content (AvgIpc) is 2.60. The molecule has 0 radical (unpaired) electrons. The van der Waals surface area contributed by atoms with E-state index in [0.717, 1.165) is 24.1 Å². The number of fused-ring (bicyclic) bond motifs is 1. The number of benzene rings is 2. The number of carbonyl (C=O) groups is 1. The molecule has 1 heterocycles. The quantitative estimate of drug-likeness (QED) is 0.776. The summed E-state index contributed by atoms with van der Waals surface area (Å²) < 4.78 is 0. The Kier molecular flexibility index (Phi) is 6.79. The van der Waals surface area contributed by atoms with E-state index < -0.39 is 6.10 Å². The zero-order valence-electron chi connectivity index (χ0n) is 13.4. The number of hydrogen-bond donors (Lipinski definition) is 3. The molecule has 1 aliphatic rings. The first-order valence-corrected chi connectivity index (χ1v) is 8.05. The van der Waals surface area contributed by atoms with E-state index in [0.29, 0.717) is 6.42 Å². The Bertz CT molecular complexity index is 663. The molecule has 0 bridgehead atoms. The molecule has 3 N–H and O–H groups in total. The second-order valence-corrected chi connectivity index (χ2v) is 5.92. The van der Waals surface area contributed by atoms with Gasteiger partial charge in [0.05, 0.1) is 6.10 Å². The summed E-state index contributed by atoms with van der Waals surface area (Å²) in [6.45, 7) is 1.05. The fraction of sp³-hybridized carbons (Fsp3) is 0.316. The normalized spacial score (nSPS) is 17.3. The molecule has 3 rings (SSSR count). The Balaban J connectivity index is 0.00000208. The van der Waals surface area contributed by atoms with E-state index in [2.05, 4.69) is 16.7 Å². The van der Waals surface area contributed by atoms with Crippen molar-refractivity contribution in [1.82, 2.24) is 10.6 Å². The van der Waals surface area contributed by atoms with Crippen LogP contribution in [0, 0.1) is 0 Å². The molecule has 128 valence electrons. The van der Waals surface area contributed by atoms with E-state index in [1.54, 1.807) is 0 Å². The minimum Gasteiger partial charge on any atom is -0.391 e. The Morgan fingerprint density at radius 1 is 1.17 bits per heavy atom. The summed E-state index contributed by atoms with van der Waals surface area (Å²) in [6.07, 6.45) is 0.895. The molecule has 0 saturated carbocycles. The zero-order valence-corrected chi connectivity index (χ0v) is 14.3. The van der Waals surface area contributed by atoms with Crippen LogP contribution in [0.25, 0.3) is 0 Å². The average molecular weight is 347 g/mol. The summed E-state index contributed by atoms with van der Waals surface area (Å²) in [5.74, 6) is -0.0794. The number of hydrogen-bond acceptors (Lipinski definition) is 3. The van der Waals surface area contributed by atoms with Crippen molar-refractivity contribution in [1.29, 1.82) is 0 Å². The molecule has 0 spiro atoms. The summed E-state index contributed by atoms with van der Waals surface area (Å²) in [7, 11) is 0. The van der Waals surface area contributed by atoms with Crippen molar-refractivity contribution < 1.29 is 9.90 Å². The van der Waals surface area contributed by atoms with Crippen LogP contribution in [0.3, 0.4) is 0 Å². The highest BCUT2D eigenvalue weighted by molar-refractivity contribution is 5.85. The van der Waals surface area contributed by atoms with Gasteiger partial charge in [-0.3, -0.25) is 4.79 Å². The molecule has 0 saturated heterocycles. The molecule has 0 aliphatic carbocycles. The molecule has 1 amide bonds. The highest BCUT2D eigenvalue weighted by Crippen LogP contribution is 2.22. The van der Waals surface area contributed by atoms with Gasteiger partial charge in [-0.25, -0.2) is 0 Å². The smallest absolute Gasteiger partial charge is 0.241 e. The van der Waals surface area contributed by atoms with Gasteiger partial charge in [0.1, 0.15) is 6.04 Å². The molecule has 2 aromatic carbocycles. The summed E-state index contributed by atoms with van der Waals surface area (Å²) in [5.41, 5.74) is 3.32. The van der Waals surface area contributed by atoms with Crippen molar-refractivity contribution in [2.45, 2.75) is 25.0 Å². The summed E-state index contributed by atoms with van der Waals surface area (Å²) in [4.78, 5) is 12.4. The van der Waals surface area contributed by atoms with E-state index in [1.165, 1.54) is 5.56 Å². The fourth-order valence-electron chi connectivity index (χ4n) is 3.02. The predicted octanol–water partition coefficient (Wildman–Crippen LogP) is 2.01. The summed E-state index contributed by atoms with van der Waals surface area (Å²) >= 11 is 0. The largest absolute Gasteiger partial charge is 0.391 e. The summed E-state index contributed by atoms with van der Waals surface area (Å²) in [5, 5.41) is 16.2. The van der Waals surface area contributed by atoms with Gasteiger partial charge in [-0.2, -0.15) is 0 Å². The van der Waals surface area contributed by atoms with Gasteiger partial charge in [-0.05, 0) is 23.1 Å². The van der Waals surface area contributed by atoms with Gasteiger partial charge in [0.15, 0.2) is 0 Å². The first-order valence-electron chi connectivity index (χ1n) is 8.05. The first kappa shape index (κ1) is 18.5. The molecular formula is C19H23ClN2O2. The highest BCUT2D eigenvalue weighted by atomic mass is 35.5. The second-order valence-electron chi connectivity index (χ2n) is 5.92. The third kappa shape index (κ3) is 4.57. The van der Waals surface area contributed by atoms with E-state index in [4.69, 9.17) is 0 Å². The van der Waals surface area contributed by atoms with Gasteiger partial charge < -0.3 is 15.7 Å². The van der Waals surface area contributed by atoms with Crippen molar-refractivity contribution in [3.63, 3.8) is 0 Å². The van der Waals surface area contributed by atoms with Crippen LogP contribution in [0.15, 0.2) is 54.6 Å². The number of rotatable bonds is 5. The van der Waals surface area contributed by atoms with E-state index in [-0.39, 0.29) is 30.9 Å². The number of aliphatic hydroxyl groups is 1. The molecule has 0 fully saturated rings. The zero-order chi connectivity index (χ0) is 16.1. The first-order chi connectivity index (χ1) is 11.2. The Hall–Kier alpha value is -1.88. The number of carbonyl (C=O) groups excluding carboxylic acids is 1. The molecule has 24 heavy (non-hydrogen) atoms. The molecule has 5 heteroatoms. The monoisotopic (exact) mass is 346 g/mol. The Labute approximate surface area is 148 Å². The number of amides is 1. The molecule has 2 aromatic rings. The Morgan fingerprint density at radius 2 is 1.88 bits per heavy atom. The van der Waals surface area contributed by atoms with E-state index >= 15 is 0 Å². The number of aliphatic hydroxyl groups excluding tert-OH is 1. The fourth-order valence-corrected chi connectivity index (χ4v) is 3.02. The van der Waals surface area contributed by atoms with Crippen molar-refractivity contribution in [3.8, 4) is 0 Å². The van der Waals surface area contributed by atoms with Crippen molar-refractivity contribution >= 4 is 18.3 Å².